The number of ether oxygens (including phenoxy) is 1. The average Bonchev–Trinajstić information content (AvgIpc) is 2.53. The van der Waals surface area contributed by atoms with E-state index in [0.717, 1.165) is 25.3 Å². The van der Waals surface area contributed by atoms with Crippen molar-refractivity contribution in [1.82, 2.24) is 5.32 Å². The maximum absolute atomic E-state index is 5.28. The average molecular weight is 170 g/mol. The fourth-order valence-electron chi connectivity index (χ4n) is 1.07. The number of hydrogen-bond donors (Lipinski definition) is 1. The fraction of sp³-hybridized carbons (Fsp3) is 0.889. The lowest BCUT2D eigenvalue weighted by molar-refractivity contribution is 0.0269. The highest BCUT2D eigenvalue weighted by atomic mass is 16.5. The lowest BCUT2D eigenvalue weighted by atomic mass is 10.1. The summed E-state index contributed by atoms with van der Waals surface area (Å²) in [7, 11) is 1.73. The Balaban J connectivity index is 2.24. The quantitative estimate of drug-likeness (QED) is 0.690. The predicted octanol–water partition coefficient (Wildman–Crippen LogP) is 1.19. The van der Waals surface area contributed by atoms with Crippen molar-refractivity contribution in [2.75, 3.05) is 20.2 Å². The van der Waals surface area contributed by atoms with E-state index >= 15 is 0 Å². The molecule has 0 saturated heterocycles. The Morgan fingerprint density at radius 3 is 2.83 bits per heavy atom. The minimum absolute atomic E-state index is 0.0922. The Bertz CT molecular complexity index is 175. The number of rotatable bonds is 3. The van der Waals surface area contributed by atoms with Crippen molar-refractivity contribution in [3.8, 4) is 0 Å². The van der Waals surface area contributed by atoms with Crippen LogP contribution >= 0.6 is 0 Å². The smallest absolute Gasteiger partial charge is 0.0964 e. The van der Waals surface area contributed by atoms with E-state index in [1.54, 1.807) is 7.11 Å². The Morgan fingerprint density at radius 1 is 1.58 bits per heavy atom. The van der Waals surface area contributed by atoms with E-state index in [4.69, 9.17) is 4.74 Å². The maximum atomic E-state index is 5.28. The maximum Gasteiger partial charge on any atom is 0.0964 e. The second kappa shape index (κ2) is 3.90. The van der Waals surface area contributed by atoms with E-state index in [0.29, 0.717) is 0 Å². The molecule has 0 amide bonds. The summed E-state index contributed by atoms with van der Waals surface area (Å²) in [6.45, 7) is 5.95. The van der Waals surface area contributed by atoms with Crippen LogP contribution < -0.4 is 5.32 Å². The van der Waals surface area contributed by atoms with Gasteiger partial charge in [0.15, 0.2) is 0 Å². The van der Waals surface area contributed by atoms with Crippen LogP contribution in [-0.4, -0.2) is 31.6 Å². The minimum atomic E-state index is -0.0922. The molecule has 0 aromatic rings. The van der Waals surface area contributed by atoms with Crippen molar-refractivity contribution in [1.29, 1.82) is 0 Å². The molecule has 12 heavy (non-hydrogen) atoms. The van der Waals surface area contributed by atoms with Crippen LogP contribution in [0.1, 0.15) is 26.7 Å². The van der Waals surface area contributed by atoms with Crippen LogP contribution in [0.2, 0.25) is 0 Å². The van der Waals surface area contributed by atoms with Gasteiger partial charge in [0.05, 0.1) is 11.4 Å². The van der Waals surface area contributed by atoms with Crippen LogP contribution in [0.5, 0.6) is 0 Å². The number of nitrogens with zero attached hydrogens (tertiary/aromatic N) is 1. The third-order valence-electron chi connectivity index (χ3n) is 2.15. The molecule has 0 fully saturated rings. The van der Waals surface area contributed by atoms with Gasteiger partial charge in [0.1, 0.15) is 0 Å². The molecule has 0 spiro atoms. The first-order chi connectivity index (χ1) is 5.64. The van der Waals surface area contributed by atoms with E-state index in [-0.39, 0.29) is 5.60 Å². The van der Waals surface area contributed by atoms with Crippen LogP contribution in [0.15, 0.2) is 4.99 Å². The second-order valence-corrected chi connectivity index (χ2v) is 3.75. The monoisotopic (exact) mass is 170 g/mol. The van der Waals surface area contributed by atoms with Crippen molar-refractivity contribution < 1.29 is 4.74 Å². The summed E-state index contributed by atoms with van der Waals surface area (Å²) in [5, 5.41) is 3.30. The lowest BCUT2D eigenvalue weighted by Gasteiger charge is -2.23. The summed E-state index contributed by atoms with van der Waals surface area (Å²) in [5.74, 6) is 1.14. The topological polar surface area (TPSA) is 33.6 Å². The van der Waals surface area contributed by atoms with E-state index in [9.17, 15) is 0 Å². The Labute approximate surface area is 74.2 Å². The number of hydrogen-bond acceptors (Lipinski definition) is 3. The number of amidine groups is 1. The normalized spacial score (nSPS) is 17.8. The number of methoxy groups -OCH3 is 1. The molecule has 3 heteroatoms. The SMILES string of the molecule is COC(C)(C)CNC1=NCCC1. The summed E-state index contributed by atoms with van der Waals surface area (Å²) in [6.07, 6.45) is 2.29. The van der Waals surface area contributed by atoms with Crippen molar-refractivity contribution in [2.45, 2.75) is 32.3 Å². The predicted molar refractivity (Wildman–Crippen MR) is 50.6 cm³/mol. The molecule has 0 unspecified atom stereocenters. The van der Waals surface area contributed by atoms with Gasteiger partial charge in [-0.15, -0.1) is 0 Å². The van der Waals surface area contributed by atoms with Crippen molar-refractivity contribution in [3.63, 3.8) is 0 Å². The third kappa shape index (κ3) is 2.81. The molecule has 0 radical (unpaired) electrons. The van der Waals surface area contributed by atoms with Crippen molar-refractivity contribution in [2.24, 2.45) is 4.99 Å². The van der Waals surface area contributed by atoms with Gasteiger partial charge in [-0.3, -0.25) is 4.99 Å². The van der Waals surface area contributed by atoms with Crippen molar-refractivity contribution >= 4 is 5.84 Å². The van der Waals surface area contributed by atoms with Crippen LogP contribution in [0.4, 0.5) is 0 Å². The van der Waals surface area contributed by atoms with Gasteiger partial charge in [-0.05, 0) is 20.3 Å². The molecule has 70 valence electrons. The van der Waals surface area contributed by atoms with Crippen molar-refractivity contribution in [3.05, 3.63) is 0 Å². The van der Waals surface area contributed by atoms with Gasteiger partial charge >= 0.3 is 0 Å². The Hall–Kier alpha value is -0.570. The molecule has 0 bridgehead atoms. The standard InChI is InChI=1S/C9H18N2O/c1-9(2,12-3)7-11-8-5-4-6-10-8/h4-7H2,1-3H3,(H,10,11). The van der Waals surface area contributed by atoms with Crippen LogP contribution in [0.25, 0.3) is 0 Å². The molecule has 0 aliphatic carbocycles. The Kier molecular flexibility index (Phi) is 3.09. The Morgan fingerprint density at radius 2 is 2.33 bits per heavy atom. The molecule has 1 rings (SSSR count). The van der Waals surface area contributed by atoms with E-state index in [1.165, 1.54) is 6.42 Å². The molecule has 0 aromatic carbocycles. The molecule has 1 N–H and O–H groups in total. The van der Waals surface area contributed by atoms with E-state index < -0.39 is 0 Å². The summed E-state index contributed by atoms with van der Waals surface area (Å²) in [6, 6.07) is 0. The molecule has 1 aliphatic rings. The van der Waals surface area contributed by atoms with Crippen LogP contribution in [0, 0.1) is 0 Å². The highest BCUT2D eigenvalue weighted by Gasteiger charge is 2.17. The van der Waals surface area contributed by atoms with Crippen LogP contribution in [0.3, 0.4) is 0 Å². The third-order valence-corrected chi connectivity index (χ3v) is 2.15. The first-order valence-electron chi connectivity index (χ1n) is 4.46. The first-order valence-corrected chi connectivity index (χ1v) is 4.46. The van der Waals surface area contributed by atoms with E-state index in [2.05, 4.69) is 24.2 Å². The zero-order chi connectivity index (χ0) is 9.03. The van der Waals surface area contributed by atoms with E-state index in [1.807, 2.05) is 0 Å². The largest absolute Gasteiger partial charge is 0.377 e. The molecular formula is C9H18N2O. The molecule has 1 heterocycles. The zero-order valence-electron chi connectivity index (χ0n) is 8.18. The molecule has 1 aliphatic heterocycles. The van der Waals surface area contributed by atoms with Gasteiger partial charge in [-0.25, -0.2) is 0 Å². The molecule has 0 aromatic heterocycles. The summed E-state index contributed by atoms with van der Waals surface area (Å²) in [5.41, 5.74) is -0.0922. The number of nitrogens with one attached hydrogen (secondary N) is 1. The number of aliphatic imine (C=N–C) groups is 1. The molecule has 3 nitrogen and oxygen atoms in total. The first kappa shape index (κ1) is 9.52. The summed E-state index contributed by atoms with van der Waals surface area (Å²) < 4.78 is 5.28. The molecular weight excluding hydrogens is 152 g/mol. The van der Waals surface area contributed by atoms with Gasteiger partial charge < -0.3 is 10.1 Å². The zero-order valence-corrected chi connectivity index (χ0v) is 8.18. The lowest BCUT2D eigenvalue weighted by Crippen LogP contribution is -2.39. The van der Waals surface area contributed by atoms with Gasteiger partial charge in [0.2, 0.25) is 0 Å². The minimum Gasteiger partial charge on any atom is -0.377 e. The van der Waals surface area contributed by atoms with Gasteiger partial charge in [-0.1, -0.05) is 0 Å². The molecule has 0 atom stereocenters. The summed E-state index contributed by atoms with van der Waals surface area (Å²) >= 11 is 0. The van der Waals surface area contributed by atoms with Gasteiger partial charge in [-0.2, -0.15) is 0 Å². The second-order valence-electron chi connectivity index (χ2n) is 3.75. The van der Waals surface area contributed by atoms with Crippen LogP contribution in [-0.2, 0) is 4.74 Å². The highest BCUT2D eigenvalue weighted by molar-refractivity contribution is 5.83. The summed E-state index contributed by atoms with van der Waals surface area (Å²) in [4.78, 5) is 4.32. The molecule has 0 saturated carbocycles. The highest BCUT2D eigenvalue weighted by Crippen LogP contribution is 2.07. The van der Waals surface area contributed by atoms with Gasteiger partial charge in [0, 0.05) is 26.6 Å². The fourth-order valence-corrected chi connectivity index (χ4v) is 1.07. The van der Waals surface area contributed by atoms with Gasteiger partial charge in [0.25, 0.3) is 0 Å².